The number of amides is 1. The summed E-state index contributed by atoms with van der Waals surface area (Å²) in [5, 5.41) is 25.2. The van der Waals surface area contributed by atoms with E-state index in [-0.39, 0.29) is 5.56 Å². The first kappa shape index (κ1) is 39.6. The summed E-state index contributed by atoms with van der Waals surface area (Å²) in [5.74, 6) is 2.02. The van der Waals surface area contributed by atoms with E-state index in [2.05, 4.69) is 60.5 Å². The van der Waals surface area contributed by atoms with Gasteiger partial charge in [0.25, 0.3) is 0 Å². The summed E-state index contributed by atoms with van der Waals surface area (Å²) in [4.78, 5) is 45.7. The highest BCUT2D eigenvalue weighted by Gasteiger charge is 2.23. The molecule has 2 aliphatic rings. The molecule has 0 saturated carbocycles. The molecule has 0 bridgehead atoms. The maximum atomic E-state index is 11.4. The molecule has 10 rings (SSSR count). The number of nitrogens with one attached hydrogen (secondary N) is 2. The number of aromatic nitrogens is 8. The Bertz CT molecular complexity index is 2700. The zero-order valence-corrected chi connectivity index (χ0v) is 34.3. The van der Waals surface area contributed by atoms with Crippen molar-refractivity contribution in [3.63, 3.8) is 0 Å². The Labute approximate surface area is 357 Å². The second kappa shape index (κ2) is 17.0. The predicted octanol–water partition coefficient (Wildman–Crippen LogP) is 7.84. The molecule has 5 N–H and O–H groups in total. The largest absolute Gasteiger partial charge is 0.478 e. The minimum atomic E-state index is -0.954. The van der Waals surface area contributed by atoms with Crippen LogP contribution in [0.3, 0.4) is 0 Å². The van der Waals surface area contributed by atoms with E-state index < -0.39 is 11.9 Å². The van der Waals surface area contributed by atoms with Gasteiger partial charge in [-0.3, -0.25) is 4.79 Å². The molecule has 0 spiro atoms. The molecular formula is C46H45N13O3. The number of carbonyl (C=O) groups is 2. The Balaban J connectivity index is 0.000000158. The van der Waals surface area contributed by atoms with Crippen LogP contribution in [0.25, 0.3) is 33.8 Å². The molecular weight excluding hydrogens is 783 g/mol. The van der Waals surface area contributed by atoms with Crippen molar-refractivity contribution < 1.29 is 14.7 Å². The van der Waals surface area contributed by atoms with Gasteiger partial charge in [-0.25, -0.2) is 33.8 Å². The third kappa shape index (κ3) is 8.30. The van der Waals surface area contributed by atoms with Gasteiger partial charge in [0.05, 0.1) is 28.3 Å². The summed E-state index contributed by atoms with van der Waals surface area (Å²) >= 11 is 0. The van der Waals surface area contributed by atoms with Crippen LogP contribution in [0.4, 0.5) is 34.6 Å². The number of carboxylic acids is 1. The standard InChI is InChI=1S/C23H23N7O.C23H22N6O2/c1-15-4-3-12-29(15)21-6-2-5-20(27-21)26-19-14-18(28-30-13-11-25-23(19)30)16-7-9-17(10-8-16)22(24)31;1-15-4-3-12-28(15)21-6-2-5-20(26-21)25-19-14-18(27-29-13-11-24-22(19)29)16-7-9-17(10-8-16)23(30)31/h2,5-11,13-15H,3-4,12H2,1H3,(H2,24,31)(H,26,27);2,5-11,13-15H,3-4,12H2,1H3,(H,25,26)(H,30,31). The number of hydrogen-bond acceptors (Lipinski definition) is 12. The van der Waals surface area contributed by atoms with Crippen LogP contribution in [0.15, 0.2) is 122 Å². The lowest BCUT2D eigenvalue weighted by Gasteiger charge is -2.23. The second-order valence-electron chi connectivity index (χ2n) is 15.5. The molecule has 16 nitrogen and oxygen atoms in total. The number of carboxylic acid groups (broad SMARTS) is 1. The third-order valence-electron chi connectivity index (χ3n) is 11.3. The van der Waals surface area contributed by atoms with Gasteiger partial charge < -0.3 is 31.3 Å². The van der Waals surface area contributed by atoms with Crippen molar-refractivity contribution in [2.75, 3.05) is 33.5 Å². The number of nitrogens with two attached hydrogens (primary N) is 1. The van der Waals surface area contributed by atoms with E-state index >= 15 is 0 Å². The van der Waals surface area contributed by atoms with Gasteiger partial charge in [-0.15, -0.1) is 0 Å². The van der Waals surface area contributed by atoms with E-state index in [4.69, 9.17) is 20.8 Å². The summed E-state index contributed by atoms with van der Waals surface area (Å²) in [6.07, 6.45) is 11.7. The van der Waals surface area contributed by atoms with Crippen molar-refractivity contribution >= 4 is 57.8 Å². The molecule has 6 aromatic heterocycles. The highest BCUT2D eigenvalue weighted by Crippen LogP contribution is 2.31. The molecule has 1 amide bonds. The fourth-order valence-corrected chi connectivity index (χ4v) is 8.02. The average molecular weight is 828 g/mol. The van der Waals surface area contributed by atoms with E-state index in [1.54, 1.807) is 70.2 Å². The smallest absolute Gasteiger partial charge is 0.335 e. The third-order valence-corrected chi connectivity index (χ3v) is 11.3. The van der Waals surface area contributed by atoms with E-state index in [0.717, 1.165) is 64.6 Å². The maximum Gasteiger partial charge on any atom is 0.335 e. The Hall–Kier alpha value is -7.88. The molecule has 8 aromatic rings. The molecule has 0 aliphatic carbocycles. The van der Waals surface area contributed by atoms with Crippen molar-refractivity contribution in [3.05, 3.63) is 133 Å². The van der Waals surface area contributed by atoms with Gasteiger partial charge in [0.2, 0.25) is 5.91 Å². The number of aromatic carboxylic acids is 1. The first-order valence-corrected chi connectivity index (χ1v) is 20.6. The number of pyridine rings is 2. The lowest BCUT2D eigenvalue weighted by molar-refractivity contribution is 0.0696. The van der Waals surface area contributed by atoms with E-state index in [1.165, 1.54) is 25.7 Å². The number of anilines is 6. The first-order valence-electron chi connectivity index (χ1n) is 20.6. The number of carbonyl (C=O) groups excluding carboxylic acids is 1. The van der Waals surface area contributed by atoms with Crippen molar-refractivity contribution in [1.29, 1.82) is 0 Å². The van der Waals surface area contributed by atoms with Crippen molar-refractivity contribution in [2.24, 2.45) is 5.73 Å². The number of imidazole rings is 2. The van der Waals surface area contributed by atoms with E-state index in [1.807, 2.05) is 54.6 Å². The molecule has 2 aromatic carbocycles. The lowest BCUT2D eigenvalue weighted by atomic mass is 10.1. The summed E-state index contributed by atoms with van der Waals surface area (Å²) in [7, 11) is 0. The topological polar surface area (TPSA) is 197 Å². The monoisotopic (exact) mass is 827 g/mol. The van der Waals surface area contributed by atoms with Gasteiger partial charge in [-0.2, -0.15) is 10.2 Å². The lowest BCUT2D eigenvalue weighted by Crippen LogP contribution is -2.27. The fraction of sp³-hybridized carbons (Fsp3) is 0.217. The Kier molecular flexibility index (Phi) is 10.9. The number of fused-ring (bicyclic) bond motifs is 2. The van der Waals surface area contributed by atoms with Crippen LogP contribution in [0.1, 0.15) is 60.2 Å². The van der Waals surface area contributed by atoms with Crippen LogP contribution in [0, 0.1) is 0 Å². The van der Waals surface area contributed by atoms with Crippen molar-refractivity contribution in [3.8, 4) is 22.5 Å². The molecule has 2 atom stereocenters. The molecule has 2 fully saturated rings. The number of primary amides is 1. The molecule has 2 aliphatic heterocycles. The Morgan fingerprint density at radius 3 is 1.50 bits per heavy atom. The van der Waals surface area contributed by atoms with Gasteiger partial charge in [0, 0.05) is 66.7 Å². The Morgan fingerprint density at radius 2 is 1.10 bits per heavy atom. The molecule has 2 saturated heterocycles. The van der Waals surface area contributed by atoms with Crippen LogP contribution in [0.5, 0.6) is 0 Å². The van der Waals surface area contributed by atoms with Gasteiger partial charge in [0.1, 0.15) is 23.3 Å². The van der Waals surface area contributed by atoms with Crippen molar-refractivity contribution in [2.45, 2.75) is 51.6 Å². The SMILES string of the molecule is CC1CCCN1c1cccc(Nc2cc(-c3ccc(C(=O)O)cc3)nn3ccnc23)n1.CC1CCCN1c1cccc(Nc2cc(-c3ccc(C(N)=O)cc3)nn3ccnc23)n1. The highest BCUT2D eigenvalue weighted by atomic mass is 16.4. The van der Waals surface area contributed by atoms with Gasteiger partial charge in [-0.1, -0.05) is 36.4 Å². The van der Waals surface area contributed by atoms with Crippen LogP contribution < -0.4 is 26.2 Å². The molecule has 62 heavy (non-hydrogen) atoms. The quantitative estimate of drug-likeness (QED) is 0.104. The van der Waals surface area contributed by atoms with Gasteiger partial charge >= 0.3 is 5.97 Å². The molecule has 312 valence electrons. The van der Waals surface area contributed by atoms with Gasteiger partial charge in [-0.05, 0) is 100 Å². The molecule has 2 unspecified atom stereocenters. The van der Waals surface area contributed by atoms with E-state index in [0.29, 0.717) is 34.6 Å². The number of hydrogen-bond donors (Lipinski definition) is 4. The zero-order chi connectivity index (χ0) is 42.7. The van der Waals surface area contributed by atoms with Gasteiger partial charge in [0.15, 0.2) is 11.3 Å². The summed E-state index contributed by atoms with van der Waals surface area (Å²) in [6.45, 7) is 6.52. The molecule has 16 heteroatoms. The number of benzene rings is 2. The molecule has 0 radical (unpaired) electrons. The second-order valence-corrected chi connectivity index (χ2v) is 15.5. The predicted molar refractivity (Wildman–Crippen MR) is 239 cm³/mol. The van der Waals surface area contributed by atoms with Crippen LogP contribution >= 0.6 is 0 Å². The Morgan fingerprint density at radius 1 is 0.645 bits per heavy atom. The summed E-state index contributed by atoms with van der Waals surface area (Å²) in [6, 6.07) is 30.6. The summed E-state index contributed by atoms with van der Waals surface area (Å²) < 4.78 is 3.43. The fourth-order valence-electron chi connectivity index (χ4n) is 8.02. The summed E-state index contributed by atoms with van der Waals surface area (Å²) in [5.41, 5.74) is 12.2. The van der Waals surface area contributed by atoms with Crippen LogP contribution in [-0.4, -0.2) is 81.3 Å². The maximum absolute atomic E-state index is 11.4. The minimum absolute atomic E-state index is 0.239. The number of nitrogens with zero attached hydrogens (tertiary/aromatic N) is 10. The van der Waals surface area contributed by atoms with Crippen LogP contribution in [0.2, 0.25) is 0 Å². The molecule has 8 heterocycles. The zero-order valence-electron chi connectivity index (χ0n) is 34.3. The first-order chi connectivity index (χ1) is 30.2. The van der Waals surface area contributed by atoms with Crippen molar-refractivity contribution in [1.82, 2.24) is 39.2 Å². The average Bonchev–Trinajstić information content (AvgIpc) is 4.13. The normalized spacial score (nSPS) is 16.0. The highest BCUT2D eigenvalue weighted by molar-refractivity contribution is 5.93. The van der Waals surface area contributed by atoms with E-state index in [9.17, 15) is 9.59 Å². The number of rotatable bonds is 10. The minimum Gasteiger partial charge on any atom is -0.478 e. The van der Waals surface area contributed by atoms with Crippen LogP contribution in [-0.2, 0) is 0 Å².